The largest absolute Gasteiger partial charge is 0.507 e. The fourth-order valence-corrected chi connectivity index (χ4v) is 8.91. The van der Waals surface area contributed by atoms with Crippen LogP contribution in [0.4, 0.5) is 0 Å². The van der Waals surface area contributed by atoms with Gasteiger partial charge in [-0.25, -0.2) is 9.59 Å². The molecule has 6 aromatic carbocycles. The van der Waals surface area contributed by atoms with Gasteiger partial charge in [-0.1, -0.05) is 102 Å². The van der Waals surface area contributed by atoms with Crippen LogP contribution < -0.4 is 9.47 Å². The first kappa shape index (κ1) is 41.5. The second kappa shape index (κ2) is 16.5. The van der Waals surface area contributed by atoms with Crippen molar-refractivity contribution in [1.29, 1.82) is 0 Å². The second-order valence-corrected chi connectivity index (χ2v) is 19.6. The molecule has 2 N–H and O–H groups in total. The summed E-state index contributed by atoms with van der Waals surface area (Å²) in [6.07, 6.45) is 1.04. The average Bonchev–Trinajstić information content (AvgIpc) is 3.16. The Morgan fingerprint density at radius 1 is 0.466 bits per heavy atom. The molecule has 6 aromatic rings. The number of esters is 2. The number of benzene rings is 6. The van der Waals surface area contributed by atoms with Crippen molar-refractivity contribution in [2.75, 3.05) is 0 Å². The van der Waals surface area contributed by atoms with E-state index in [1.165, 1.54) is 0 Å². The maximum absolute atomic E-state index is 13.8. The number of phenols is 2. The fraction of sp³-hybridized carbons (Fsp3) is 0.240. The van der Waals surface area contributed by atoms with Crippen LogP contribution in [-0.4, -0.2) is 22.2 Å². The highest BCUT2D eigenvalue weighted by molar-refractivity contribution is 14.1. The maximum atomic E-state index is 13.8. The molecule has 0 fully saturated rings. The summed E-state index contributed by atoms with van der Waals surface area (Å²) < 4.78 is 14.6. The van der Waals surface area contributed by atoms with Gasteiger partial charge in [0.1, 0.15) is 23.0 Å². The van der Waals surface area contributed by atoms with Crippen molar-refractivity contribution >= 4 is 57.1 Å². The molecule has 0 aliphatic heterocycles. The Morgan fingerprint density at radius 2 is 0.741 bits per heavy atom. The van der Waals surface area contributed by atoms with E-state index in [4.69, 9.17) is 9.47 Å². The molecule has 0 amide bonds. The monoisotopic (exact) mass is 996 g/mol. The Balaban J connectivity index is 1.50. The molecule has 0 atom stereocenters. The van der Waals surface area contributed by atoms with E-state index in [9.17, 15) is 19.8 Å². The molecule has 0 spiro atoms. The first-order valence-electron chi connectivity index (χ1n) is 19.3. The summed E-state index contributed by atoms with van der Waals surface area (Å²) >= 11 is 4.56. The predicted molar refractivity (Wildman–Crippen MR) is 246 cm³/mol. The first-order chi connectivity index (χ1) is 27.4. The smallest absolute Gasteiger partial charge is 0.343 e. The van der Waals surface area contributed by atoms with Crippen LogP contribution in [0.5, 0.6) is 23.0 Å². The summed E-state index contributed by atoms with van der Waals surface area (Å²) in [7, 11) is 0. The van der Waals surface area contributed by atoms with E-state index in [-0.39, 0.29) is 48.0 Å². The summed E-state index contributed by atoms with van der Waals surface area (Å²) in [4.78, 5) is 27.7. The van der Waals surface area contributed by atoms with Gasteiger partial charge >= 0.3 is 11.9 Å². The minimum absolute atomic E-state index is 0.121. The highest BCUT2D eigenvalue weighted by Crippen LogP contribution is 2.42. The van der Waals surface area contributed by atoms with Crippen molar-refractivity contribution in [3.63, 3.8) is 0 Å². The van der Waals surface area contributed by atoms with Crippen LogP contribution in [0.15, 0.2) is 109 Å². The average molecular weight is 997 g/mol. The van der Waals surface area contributed by atoms with E-state index < -0.39 is 11.9 Å². The number of carbonyl (C=O) groups is 2. The Morgan fingerprint density at radius 3 is 1.00 bits per heavy atom. The van der Waals surface area contributed by atoms with Gasteiger partial charge in [0, 0.05) is 55.1 Å². The molecule has 7 rings (SSSR count). The van der Waals surface area contributed by atoms with Crippen LogP contribution in [0.2, 0.25) is 0 Å². The molecule has 8 heteroatoms. The lowest BCUT2D eigenvalue weighted by Gasteiger charge is -2.26. The van der Waals surface area contributed by atoms with Gasteiger partial charge in [0.25, 0.3) is 0 Å². The number of halogens is 2. The lowest BCUT2D eigenvalue weighted by atomic mass is 9.81. The Labute approximate surface area is 367 Å². The van der Waals surface area contributed by atoms with Crippen molar-refractivity contribution in [1.82, 2.24) is 0 Å². The van der Waals surface area contributed by atoms with E-state index in [0.29, 0.717) is 44.9 Å². The van der Waals surface area contributed by atoms with Crippen molar-refractivity contribution < 1.29 is 29.3 Å². The lowest BCUT2D eigenvalue weighted by Crippen LogP contribution is -2.17. The van der Waals surface area contributed by atoms with Gasteiger partial charge in [-0.05, 0) is 138 Å². The summed E-state index contributed by atoms with van der Waals surface area (Å²) in [5.41, 5.74) is 7.96. The number of aromatic hydroxyl groups is 2. The molecule has 0 radical (unpaired) electrons. The van der Waals surface area contributed by atoms with Crippen LogP contribution in [0.1, 0.15) is 118 Å². The number of carbonyl (C=O) groups excluding carboxylic acids is 2. The van der Waals surface area contributed by atoms with E-state index in [1.807, 2.05) is 36.4 Å². The maximum Gasteiger partial charge on any atom is 0.343 e. The van der Waals surface area contributed by atoms with E-state index in [1.54, 1.807) is 48.5 Å². The standard InChI is InChI=1S/C50H46I2O6/c1-49(2,3)39-21-35-17-31-25-41(51)27-33(43(31)53)19-37-23-40(50(4,5)6)24-38(46(37)58-48(56)30-15-11-8-12-16-30)20-34-28-42(52)26-32(44(34)54)18-36(22-39)45(35)57-47(55)29-13-9-7-10-14-29/h7-16,21-28,53-54H,17-20H2,1-6H3. The Kier molecular flexibility index (Phi) is 11.8. The SMILES string of the molecule is CC(C)(C)c1cc2c(OC(=O)c3ccccc3)c(c1)Cc1cc(I)cc(c1O)Cc1cc(C(C)(C)C)cc(c1OC(=O)c1ccccc1)Cc1cc(I)cc(c1O)C2. The van der Waals surface area contributed by atoms with E-state index >= 15 is 0 Å². The molecule has 6 nitrogen and oxygen atoms in total. The number of hydrogen-bond donors (Lipinski definition) is 2. The molecule has 58 heavy (non-hydrogen) atoms. The molecule has 0 saturated heterocycles. The van der Waals surface area contributed by atoms with Gasteiger partial charge < -0.3 is 19.7 Å². The molecular weight excluding hydrogens is 950 g/mol. The van der Waals surface area contributed by atoms with Gasteiger partial charge in [-0.3, -0.25) is 0 Å². The Hall–Kier alpha value is -4.68. The molecule has 0 aromatic heterocycles. The molecule has 8 bridgehead atoms. The predicted octanol–water partition coefficient (Wildman–Crippen LogP) is 12.0. The van der Waals surface area contributed by atoms with Crippen LogP contribution in [0, 0.1) is 7.14 Å². The van der Waals surface area contributed by atoms with Crippen LogP contribution in [0.25, 0.3) is 0 Å². The number of ether oxygens (including phenoxy) is 2. The zero-order valence-electron chi connectivity index (χ0n) is 33.5. The quantitative estimate of drug-likeness (QED) is 0.104. The van der Waals surface area contributed by atoms with Crippen molar-refractivity contribution in [2.24, 2.45) is 0 Å². The topological polar surface area (TPSA) is 93.1 Å². The summed E-state index contributed by atoms with van der Waals surface area (Å²) in [6, 6.07) is 33.9. The third kappa shape index (κ3) is 9.13. The number of rotatable bonds is 4. The molecule has 1 aliphatic rings. The third-order valence-corrected chi connectivity index (χ3v) is 11.9. The van der Waals surface area contributed by atoms with Gasteiger partial charge in [-0.2, -0.15) is 0 Å². The fourth-order valence-electron chi connectivity index (χ4n) is 7.41. The zero-order chi connectivity index (χ0) is 41.5. The summed E-state index contributed by atoms with van der Waals surface area (Å²) in [5.74, 6) is 0.0677. The number of fused-ring (bicyclic) bond motifs is 8. The van der Waals surface area contributed by atoms with Gasteiger partial charge in [-0.15, -0.1) is 0 Å². The summed E-state index contributed by atoms with van der Waals surface area (Å²) in [6.45, 7) is 12.8. The highest BCUT2D eigenvalue weighted by Gasteiger charge is 2.28. The lowest BCUT2D eigenvalue weighted by molar-refractivity contribution is 0.0722. The van der Waals surface area contributed by atoms with Crippen LogP contribution >= 0.6 is 45.2 Å². The zero-order valence-corrected chi connectivity index (χ0v) is 37.8. The van der Waals surface area contributed by atoms with E-state index in [2.05, 4.69) is 111 Å². The number of hydrogen-bond acceptors (Lipinski definition) is 6. The normalized spacial score (nSPS) is 12.8. The molecule has 0 unspecified atom stereocenters. The number of phenolic OH excluding ortho intramolecular Hbond substituents is 2. The summed E-state index contributed by atoms with van der Waals surface area (Å²) in [5, 5.41) is 24.4. The molecule has 296 valence electrons. The van der Waals surface area contributed by atoms with Crippen molar-refractivity contribution in [3.05, 3.63) is 183 Å². The second-order valence-electron chi connectivity index (χ2n) is 17.1. The highest BCUT2D eigenvalue weighted by atomic mass is 127. The molecule has 0 saturated carbocycles. The van der Waals surface area contributed by atoms with Gasteiger partial charge in [0.15, 0.2) is 0 Å². The van der Waals surface area contributed by atoms with Gasteiger partial charge in [0.05, 0.1) is 11.1 Å². The molecule has 1 aliphatic carbocycles. The van der Waals surface area contributed by atoms with Crippen molar-refractivity contribution in [2.45, 2.75) is 78.1 Å². The minimum Gasteiger partial charge on any atom is -0.507 e. The van der Waals surface area contributed by atoms with Crippen LogP contribution in [0.3, 0.4) is 0 Å². The third-order valence-electron chi connectivity index (χ3n) is 10.6. The van der Waals surface area contributed by atoms with Gasteiger partial charge in [0.2, 0.25) is 0 Å². The first-order valence-corrected chi connectivity index (χ1v) is 21.5. The minimum atomic E-state index is -0.494. The Bertz CT molecular complexity index is 2270. The van der Waals surface area contributed by atoms with E-state index in [0.717, 1.165) is 40.5 Å². The van der Waals surface area contributed by atoms with Crippen LogP contribution in [-0.2, 0) is 36.5 Å². The molecular formula is C50H46I2O6. The van der Waals surface area contributed by atoms with Crippen molar-refractivity contribution in [3.8, 4) is 23.0 Å². The molecule has 0 heterocycles.